The maximum Gasteiger partial charge on any atom is 0.137 e. The number of hydrogen-bond acceptors (Lipinski definition) is 5. The van der Waals surface area contributed by atoms with Crippen molar-refractivity contribution in [3.05, 3.63) is 0 Å². The zero-order chi connectivity index (χ0) is 16.2. The van der Waals surface area contributed by atoms with Gasteiger partial charge in [0.2, 0.25) is 0 Å². The molecule has 0 radical (unpaired) electrons. The highest BCUT2D eigenvalue weighted by molar-refractivity contribution is 4.85. The lowest BCUT2D eigenvalue weighted by molar-refractivity contribution is -0.195. The molecule has 0 saturated carbocycles. The third-order valence-electron chi connectivity index (χ3n) is 4.38. The molecule has 1 aliphatic rings. The van der Waals surface area contributed by atoms with Gasteiger partial charge in [-0.25, -0.2) is 0 Å². The topological polar surface area (TPSA) is 82.0 Å². The van der Waals surface area contributed by atoms with Gasteiger partial charge in [0.1, 0.15) is 24.5 Å². The van der Waals surface area contributed by atoms with Gasteiger partial charge in [-0.15, -0.1) is 0 Å². The molecule has 0 aromatic rings. The molecule has 1 unspecified atom stereocenters. The van der Waals surface area contributed by atoms with E-state index in [-0.39, 0.29) is 6.61 Å². The summed E-state index contributed by atoms with van der Waals surface area (Å²) in [6.45, 7) is 3.07. The van der Waals surface area contributed by atoms with Crippen LogP contribution in [0.4, 0.5) is 0 Å². The predicted octanol–water partition coefficient (Wildman–Crippen LogP) is 1.94. The molecule has 1 aliphatic heterocycles. The Balaban J connectivity index is 1.89. The summed E-state index contributed by atoms with van der Waals surface area (Å²) in [5.41, 5.74) is 0. The summed E-state index contributed by atoms with van der Waals surface area (Å²) in [6.07, 6.45) is 9.15. The summed E-state index contributed by atoms with van der Waals surface area (Å²) >= 11 is 0. The van der Waals surface area contributed by atoms with Crippen LogP contribution in [0.3, 0.4) is 0 Å². The van der Waals surface area contributed by atoms with Crippen molar-refractivity contribution in [2.24, 2.45) is 0 Å². The van der Waals surface area contributed by atoms with Gasteiger partial charge in [0, 0.05) is 0 Å². The number of aliphatic hydroxyl groups excluding tert-OH is 3. The molecule has 5 nitrogen and oxygen atoms in total. The standard InChI is InChI=1S/C17H35NO4/c1-2-3-4-5-6-7-8-9-10-11-12-18-17-16(21)15(20)14(19)13-22-17/h14-21H,2-13H2,1H3/t14-,15+,16-,17?/m1/s1. The van der Waals surface area contributed by atoms with E-state index in [1.165, 1.54) is 57.8 Å². The van der Waals surface area contributed by atoms with Crippen molar-refractivity contribution in [2.45, 2.75) is 95.7 Å². The van der Waals surface area contributed by atoms with E-state index in [0.29, 0.717) is 0 Å². The van der Waals surface area contributed by atoms with Crippen LogP contribution >= 0.6 is 0 Å². The van der Waals surface area contributed by atoms with Crippen molar-refractivity contribution in [1.82, 2.24) is 5.32 Å². The SMILES string of the molecule is CCCCCCCCCCCCNC1OC[C@@H](O)[C@H](O)[C@H]1O. The number of ether oxygens (including phenoxy) is 1. The van der Waals surface area contributed by atoms with Gasteiger partial charge in [-0.1, -0.05) is 64.7 Å². The Bertz CT molecular complexity index is 265. The summed E-state index contributed by atoms with van der Waals surface area (Å²) in [6, 6.07) is 0. The van der Waals surface area contributed by atoms with E-state index in [2.05, 4.69) is 12.2 Å². The van der Waals surface area contributed by atoms with Crippen LogP contribution in [0, 0.1) is 0 Å². The van der Waals surface area contributed by atoms with E-state index < -0.39 is 24.5 Å². The van der Waals surface area contributed by atoms with Gasteiger partial charge in [0.25, 0.3) is 0 Å². The van der Waals surface area contributed by atoms with Gasteiger partial charge in [-0.2, -0.15) is 0 Å². The molecule has 1 saturated heterocycles. The van der Waals surface area contributed by atoms with Crippen LogP contribution in [0.5, 0.6) is 0 Å². The highest BCUT2D eigenvalue weighted by Crippen LogP contribution is 2.14. The van der Waals surface area contributed by atoms with E-state index in [1.807, 2.05) is 0 Å². The Morgan fingerprint density at radius 3 is 1.95 bits per heavy atom. The third-order valence-corrected chi connectivity index (χ3v) is 4.38. The number of nitrogens with one attached hydrogen (secondary N) is 1. The first-order valence-electron chi connectivity index (χ1n) is 9.06. The summed E-state index contributed by atoms with van der Waals surface area (Å²) in [7, 11) is 0. The number of unbranched alkanes of at least 4 members (excludes halogenated alkanes) is 9. The van der Waals surface area contributed by atoms with Crippen LogP contribution in [0.25, 0.3) is 0 Å². The Morgan fingerprint density at radius 1 is 0.818 bits per heavy atom. The molecule has 132 valence electrons. The van der Waals surface area contributed by atoms with E-state index >= 15 is 0 Å². The van der Waals surface area contributed by atoms with Crippen molar-refractivity contribution >= 4 is 0 Å². The minimum Gasteiger partial charge on any atom is -0.388 e. The predicted molar refractivity (Wildman–Crippen MR) is 87.6 cm³/mol. The van der Waals surface area contributed by atoms with Gasteiger partial charge in [-0.05, 0) is 13.0 Å². The van der Waals surface area contributed by atoms with E-state index in [0.717, 1.165) is 13.0 Å². The Morgan fingerprint density at radius 2 is 1.36 bits per heavy atom. The molecule has 1 rings (SSSR count). The third kappa shape index (κ3) is 7.88. The average Bonchev–Trinajstić information content (AvgIpc) is 2.52. The van der Waals surface area contributed by atoms with Crippen molar-refractivity contribution in [2.75, 3.05) is 13.2 Å². The molecule has 1 heterocycles. The molecule has 0 spiro atoms. The first kappa shape index (κ1) is 19.8. The van der Waals surface area contributed by atoms with Gasteiger partial charge in [0.15, 0.2) is 0 Å². The molecule has 0 amide bonds. The van der Waals surface area contributed by atoms with Crippen LogP contribution in [-0.4, -0.2) is 53.0 Å². The average molecular weight is 317 g/mol. The molecule has 4 atom stereocenters. The first-order valence-corrected chi connectivity index (χ1v) is 9.06. The summed E-state index contributed by atoms with van der Waals surface area (Å²) in [5.74, 6) is 0. The second-order valence-corrected chi connectivity index (χ2v) is 6.44. The highest BCUT2D eigenvalue weighted by Gasteiger charge is 2.36. The monoisotopic (exact) mass is 317 g/mol. The molecule has 5 heteroatoms. The van der Waals surface area contributed by atoms with E-state index in [1.54, 1.807) is 0 Å². The van der Waals surface area contributed by atoms with Crippen molar-refractivity contribution in [3.8, 4) is 0 Å². The Kier molecular flexibility index (Phi) is 11.1. The smallest absolute Gasteiger partial charge is 0.137 e. The van der Waals surface area contributed by atoms with Gasteiger partial charge in [-0.3, -0.25) is 5.32 Å². The normalized spacial score (nSPS) is 28.9. The molecule has 0 bridgehead atoms. The minimum absolute atomic E-state index is 0.0634. The quantitative estimate of drug-likeness (QED) is 0.414. The van der Waals surface area contributed by atoms with Crippen molar-refractivity contribution in [3.63, 3.8) is 0 Å². The summed E-state index contributed by atoms with van der Waals surface area (Å²) in [5, 5.41) is 31.8. The van der Waals surface area contributed by atoms with E-state index in [4.69, 9.17) is 4.74 Å². The fraction of sp³-hybridized carbons (Fsp3) is 1.00. The van der Waals surface area contributed by atoms with Crippen molar-refractivity contribution in [1.29, 1.82) is 0 Å². The van der Waals surface area contributed by atoms with Gasteiger partial charge < -0.3 is 20.1 Å². The largest absolute Gasteiger partial charge is 0.388 e. The Labute approximate surface area is 135 Å². The van der Waals surface area contributed by atoms with Crippen LogP contribution in [0.15, 0.2) is 0 Å². The van der Waals surface area contributed by atoms with Gasteiger partial charge in [0.05, 0.1) is 6.61 Å². The maximum atomic E-state index is 9.77. The second kappa shape index (κ2) is 12.3. The lowest BCUT2D eigenvalue weighted by Crippen LogP contribution is -2.57. The fourth-order valence-corrected chi connectivity index (χ4v) is 2.84. The molecular weight excluding hydrogens is 282 g/mol. The second-order valence-electron chi connectivity index (χ2n) is 6.44. The lowest BCUT2D eigenvalue weighted by atomic mass is 10.0. The van der Waals surface area contributed by atoms with E-state index in [9.17, 15) is 15.3 Å². The fourth-order valence-electron chi connectivity index (χ4n) is 2.84. The highest BCUT2D eigenvalue weighted by atomic mass is 16.5. The molecule has 1 fully saturated rings. The maximum absolute atomic E-state index is 9.77. The molecular formula is C17H35NO4. The zero-order valence-corrected chi connectivity index (χ0v) is 14.0. The number of aliphatic hydroxyl groups is 3. The van der Waals surface area contributed by atoms with Gasteiger partial charge >= 0.3 is 0 Å². The first-order chi connectivity index (χ1) is 10.7. The minimum atomic E-state index is -1.13. The zero-order valence-electron chi connectivity index (χ0n) is 14.0. The molecule has 4 N–H and O–H groups in total. The number of hydrogen-bond donors (Lipinski definition) is 4. The molecule has 0 aromatic carbocycles. The molecule has 0 aromatic heterocycles. The molecule has 0 aliphatic carbocycles. The van der Waals surface area contributed by atoms with Crippen molar-refractivity contribution < 1.29 is 20.1 Å². The van der Waals surface area contributed by atoms with Crippen LogP contribution < -0.4 is 5.32 Å². The number of rotatable bonds is 12. The molecule has 22 heavy (non-hydrogen) atoms. The van der Waals surface area contributed by atoms with Crippen LogP contribution in [-0.2, 0) is 4.74 Å². The van der Waals surface area contributed by atoms with Crippen LogP contribution in [0.2, 0.25) is 0 Å². The summed E-state index contributed by atoms with van der Waals surface area (Å²) in [4.78, 5) is 0. The Hall–Kier alpha value is -0.200. The lowest BCUT2D eigenvalue weighted by Gasteiger charge is -2.35. The van der Waals surface area contributed by atoms with Crippen LogP contribution in [0.1, 0.15) is 71.1 Å². The summed E-state index contributed by atoms with van der Waals surface area (Å²) < 4.78 is 5.29.